The lowest BCUT2D eigenvalue weighted by molar-refractivity contribution is 0.0951. The highest BCUT2D eigenvalue weighted by atomic mass is 35.5. The molecule has 0 radical (unpaired) electrons. The van der Waals surface area contributed by atoms with E-state index in [1.807, 2.05) is 6.07 Å². The van der Waals surface area contributed by atoms with E-state index >= 15 is 0 Å². The predicted octanol–water partition coefficient (Wildman–Crippen LogP) is 1.35. The summed E-state index contributed by atoms with van der Waals surface area (Å²) in [5, 5.41) is 2.96. The van der Waals surface area contributed by atoms with Crippen molar-refractivity contribution in [1.29, 1.82) is 0 Å². The summed E-state index contributed by atoms with van der Waals surface area (Å²) in [6.45, 7) is 0.387. The number of halogens is 1. The summed E-state index contributed by atoms with van der Waals surface area (Å²) in [6.07, 6.45) is 3.36. The first-order valence-corrected chi connectivity index (χ1v) is 5.88. The lowest BCUT2D eigenvalue weighted by atomic mass is 10.2. The first-order valence-electron chi connectivity index (χ1n) is 5.50. The molecule has 6 nitrogen and oxygen atoms in total. The van der Waals surface area contributed by atoms with Gasteiger partial charge >= 0.3 is 0 Å². The Morgan fingerprint density at radius 1 is 1.42 bits per heavy atom. The van der Waals surface area contributed by atoms with E-state index < -0.39 is 0 Å². The number of nitrogen functional groups attached to an aromatic ring is 1. The van der Waals surface area contributed by atoms with Gasteiger partial charge in [0.1, 0.15) is 11.0 Å². The van der Waals surface area contributed by atoms with E-state index in [4.69, 9.17) is 17.4 Å². The Morgan fingerprint density at radius 3 is 2.95 bits per heavy atom. The quantitative estimate of drug-likeness (QED) is 0.446. The van der Waals surface area contributed by atoms with Crippen LogP contribution in [0.15, 0.2) is 36.7 Å². The lowest BCUT2D eigenvalue weighted by Crippen LogP contribution is -2.23. The van der Waals surface area contributed by atoms with Gasteiger partial charge in [0, 0.05) is 24.5 Å². The normalized spacial score (nSPS) is 10.0. The van der Waals surface area contributed by atoms with Crippen molar-refractivity contribution in [2.75, 3.05) is 5.43 Å². The standard InChI is InChI=1S/C12H12ClN5O/c13-10-4-9(5-11(17-10)18-14)12(19)16-7-8-2-1-3-15-6-8/h1-6H,7,14H2,(H,16,19)(H,17,18). The van der Waals surface area contributed by atoms with Crippen molar-refractivity contribution >= 4 is 23.3 Å². The van der Waals surface area contributed by atoms with Crippen LogP contribution in [-0.2, 0) is 6.54 Å². The van der Waals surface area contributed by atoms with Crippen LogP contribution in [0.25, 0.3) is 0 Å². The predicted molar refractivity (Wildman–Crippen MR) is 72.5 cm³/mol. The molecule has 1 amide bonds. The zero-order valence-electron chi connectivity index (χ0n) is 9.93. The van der Waals surface area contributed by atoms with Gasteiger partial charge in [-0.15, -0.1) is 0 Å². The number of anilines is 1. The Labute approximate surface area is 115 Å². The van der Waals surface area contributed by atoms with E-state index in [1.165, 1.54) is 12.1 Å². The minimum Gasteiger partial charge on any atom is -0.348 e. The van der Waals surface area contributed by atoms with Gasteiger partial charge in [-0.3, -0.25) is 9.78 Å². The molecule has 0 aliphatic rings. The Hall–Kier alpha value is -2.18. The van der Waals surface area contributed by atoms with Gasteiger partial charge in [0.05, 0.1) is 0 Å². The smallest absolute Gasteiger partial charge is 0.251 e. The molecule has 2 aromatic heterocycles. The number of amides is 1. The summed E-state index contributed by atoms with van der Waals surface area (Å²) in [5.74, 6) is 5.31. The average Bonchev–Trinajstić information content (AvgIpc) is 2.45. The summed E-state index contributed by atoms with van der Waals surface area (Å²) in [6, 6.07) is 6.67. The minimum absolute atomic E-state index is 0.196. The number of nitrogens with two attached hydrogens (primary N) is 1. The number of nitrogens with zero attached hydrogens (tertiary/aromatic N) is 2. The summed E-state index contributed by atoms with van der Waals surface area (Å²) in [4.78, 5) is 19.8. The summed E-state index contributed by atoms with van der Waals surface area (Å²) in [5.41, 5.74) is 3.65. The number of hydrazine groups is 1. The van der Waals surface area contributed by atoms with Crippen molar-refractivity contribution in [2.45, 2.75) is 6.54 Å². The second kappa shape index (κ2) is 6.12. The third-order valence-corrected chi connectivity index (χ3v) is 2.57. The highest BCUT2D eigenvalue weighted by molar-refractivity contribution is 6.29. The highest BCUT2D eigenvalue weighted by Crippen LogP contribution is 2.13. The second-order valence-electron chi connectivity index (χ2n) is 3.75. The molecule has 2 heterocycles. The van der Waals surface area contributed by atoms with Crippen LogP contribution < -0.4 is 16.6 Å². The molecule has 0 bridgehead atoms. The fourth-order valence-electron chi connectivity index (χ4n) is 1.49. The van der Waals surface area contributed by atoms with Crippen molar-refractivity contribution in [2.24, 2.45) is 5.84 Å². The molecule has 4 N–H and O–H groups in total. The van der Waals surface area contributed by atoms with Crippen molar-refractivity contribution in [3.05, 3.63) is 52.9 Å². The molecule has 0 aliphatic carbocycles. The zero-order chi connectivity index (χ0) is 13.7. The van der Waals surface area contributed by atoms with Gasteiger partial charge in [0.15, 0.2) is 0 Å². The highest BCUT2D eigenvalue weighted by Gasteiger charge is 2.08. The molecule has 98 valence electrons. The SMILES string of the molecule is NNc1cc(C(=O)NCc2cccnc2)cc(Cl)n1. The van der Waals surface area contributed by atoms with Crippen LogP contribution in [-0.4, -0.2) is 15.9 Å². The zero-order valence-corrected chi connectivity index (χ0v) is 10.7. The largest absolute Gasteiger partial charge is 0.348 e. The van der Waals surface area contributed by atoms with Crippen LogP contribution in [0.3, 0.4) is 0 Å². The van der Waals surface area contributed by atoms with Crippen molar-refractivity contribution in [1.82, 2.24) is 15.3 Å². The first kappa shape index (κ1) is 13.3. The Morgan fingerprint density at radius 2 is 2.26 bits per heavy atom. The molecule has 0 saturated carbocycles. The molecule has 0 aromatic carbocycles. The third kappa shape index (κ3) is 3.64. The van der Waals surface area contributed by atoms with Crippen LogP contribution >= 0.6 is 11.6 Å². The number of carbonyl (C=O) groups is 1. The number of nitrogens with one attached hydrogen (secondary N) is 2. The van der Waals surface area contributed by atoms with Gasteiger partial charge in [0.2, 0.25) is 0 Å². The molecule has 2 aromatic rings. The van der Waals surface area contributed by atoms with E-state index in [0.717, 1.165) is 5.56 Å². The van der Waals surface area contributed by atoms with Crippen LogP contribution in [0.5, 0.6) is 0 Å². The first-order chi connectivity index (χ1) is 9.19. The van der Waals surface area contributed by atoms with Gasteiger partial charge in [-0.25, -0.2) is 10.8 Å². The fraction of sp³-hybridized carbons (Fsp3) is 0.0833. The van der Waals surface area contributed by atoms with E-state index in [-0.39, 0.29) is 11.1 Å². The Bertz CT molecular complexity index is 576. The minimum atomic E-state index is -0.260. The Balaban J connectivity index is 2.06. The molecule has 0 unspecified atom stereocenters. The monoisotopic (exact) mass is 277 g/mol. The van der Waals surface area contributed by atoms with E-state index in [0.29, 0.717) is 17.9 Å². The molecule has 0 fully saturated rings. The van der Waals surface area contributed by atoms with E-state index in [9.17, 15) is 4.79 Å². The number of hydrogen-bond acceptors (Lipinski definition) is 5. The van der Waals surface area contributed by atoms with E-state index in [2.05, 4.69) is 20.7 Å². The van der Waals surface area contributed by atoms with E-state index in [1.54, 1.807) is 18.5 Å². The molecule has 19 heavy (non-hydrogen) atoms. The lowest BCUT2D eigenvalue weighted by Gasteiger charge is -2.07. The number of carbonyl (C=O) groups excluding carboxylic acids is 1. The number of pyridine rings is 2. The van der Waals surface area contributed by atoms with Crippen molar-refractivity contribution < 1.29 is 4.79 Å². The van der Waals surface area contributed by atoms with Crippen LogP contribution in [0.1, 0.15) is 15.9 Å². The van der Waals surface area contributed by atoms with Gasteiger partial charge < -0.3 is 10.7 Å². The molecule has 0 spiro atoms. The maximum atomic E-state index is 12.0. The fourth-order valence-corrected chi connectivity index (χ4v) is 1.70. The maximum Gasteiger partial charge on any atom is 0.251 e. The van der Waals surface area contributed by atoms with Gasteiger partial charge in [-0.2, -0.15) is 0 Å². The average molecular weight is 278 g/mol. The van der Waals surface area contributed by atoms with Crippen LogP contribution in [0.4, 0.5) is 5.82 Å². The number of aromatic nitrogens is 2. The number of hydrogen-bond donors (Lipinski definition) is 3. The molecule has 2 rings (SSSR count). The van der Waals surface area contributed by atoms with Crippen molar-refractivity contribution in [3.63, 3.8) is 0 Å². The maximum absolute atomic E-state index is 12.0. The second-order valence-corrected chi connectivity index (χ2v) is 4.14. The number of rotatable bonds is 4. The summed E-state index contributed by atoms with van der Waals surface area (Å²) in [7, 11) is 0. The van der Waals surface area contributed by atoms with Crippen molar-refractivity contribution in [3.8, 4) is 0 Å². The molecular weight excluding hydrogens is 266 g/mol. The Kier molecular flexibility index (Phi) is 4.27. The van der Waals surface area contributed by atoms with Crippen LogP contribution in [0.2, 0.25) is 5.15 Å². The molecule has 0 saturated heterocycles. The van der Waals surface area contributed by atoms with Crippen LogP contribution in [0, 0.1) is 0 Å². The topological polar surface area (TPSA) is 92.9 Å². The van der Waals surface area contributed by atoms with Gasteiger partial charge in [0.25, 0.3) is 5.91 Å². The summed E-state index contributed by atoms with van der Waals surface area (Å²) >= 11 is 5.79. The van der Waals surface area contributed by atoms with Gasteiger partial charge in [-0.05, 0) is 23.8 Å². The molecule has 0 aliphatic heterocycles. The third-order valence-electron chi connectivity index (χ3n) is 2.38. The molecule has 0 atom stereocenters. The van der Waals surface area contributed by atoms with Gasteiger partial charge in [-0.1, -0.05) is 17.7 Å². The molecule has 7 heteroatoms. The molecular formula is C12H12ClN5O. The summed E-state index contributed by atoms with van der Waals surface area (Å²) < 4.78 is 0.